The van der Waals surface area contributed by atoms with Gasteiger partial charge in [-0.15, -0.1) is 0 Å². The zero-order chi connectivity index (χ0) is 13.4. The fourth-order valence-corrected chi connectivity index (χ4v) is 5.51. The van der Waals surface area contributed by atoms with Gasteiger partial charge in [0.2, 0.25) is 0 Å². The minimum atomic E-state index is -0.641. The number of rotatable bonds is 2. The van der Waals surface area contributed by atoms with Gasteiger partial charge in [0, 0.05) is 0 Å². The zero-order valence-corrected chi connectivity index (χ0v) is 11.5. The molecular formula is C14H20O4. The maximum Gasteiger partial charge on any atom is 0.313 e. The van der Waals surface area contributed by atoms with Crippen molar-refractivity contribution in [2.45, 2.75) is 39.5 Å². The van der Waals surface area contributed by atoms with Gasteiger partial charge >= 0.3 is 11.9 Å². The Morgan fingerprint density at radius 2 is 1.06 bits per heavy atom. The highest BCUT2D eigenvalue weighted by Crippen LogP contribution is 2.86. The second-order valence-corrected chi connectivity index (χ2v) is 6.98. The third-order valence-electron chi connectivity index (χ3n) is 6.29. The molecule has 0 radical (unpaired) electrons. The first kappa shape index (κ1) is 12.0. The van der Waals surface area contributed by atoms with E-state index in [1.807, 2.05) is 0 Å². The molecule has 4 aliphatic rings. The van der Waals surface area contributed by atoms with E-state index < -0.39 is 10.8 Å². The van der Waals surface area contributed by atoms with Gasteiger partial charge in [-0.3, -0.25) is 9.59 Å². The smallest absolute Gasteiger partial charge is 0.313 e. The van der Waals surface area contributed by atoms with Crippen molar-refractivity contribution < 1.29 is 19.1 Å². The van der Waals surface area contributed by atoms with Gasteiger partial charge in [0.25, 0.3) is 0 Å². The predicted molar refractivity (Wildman–Crippen MR) is 63.6 cm³/mol. The number of ether oxygens (including phenoxy) is 2. The SMILES string of the molecule is COC(=O)C12CC3(C)CC1(C(=O)OC)CC3(C)C2. The Balaban J connectivity index is 2.17. The second kappa shape index (κ2) is 2.91. The van der Waals surface area contributed by atoms with Gasteiger partial charge in [-0.25, -0.2) is 0 Å². The van der Waals surface area contributed by atoms with Crippen molar-refractivity contribution in [3.8, 4) is 0 Å². The van der Waals surface area contributed by atoms with E-state index in [1.165, 1.54) is 14.2 Å². The van der Waals surface area contributed by atoms with E-state index in [4.69, 9.17) is 9.47 Å². The summed E-state index contributed by atoms with van der Waals surface area (Å²) in [6, 6.07) is 0. The second-order valence-electron chi connectivity index (χ2n) is 6.98. The normalized spacial score (nSPS) is 51.8. The average molecular weight is 252 g/mol. The monoisotopic (exact) mass is 252 g/mol. The number of hydrogen-bond acceptors (Lipinski definition) is 4. The predicted octanol–water partition coefficient (Wildman–Crippen LogP) is 1.92. The van der Waals surface area contributed by atoms with E-state index >= 15 is 0 Å². The van der Waals surface area contributed by atoms with Crippen LogP contribution in [-0.4, -0.2) is 26.2 Å². The van der Waals surface area contributed by atoms with Gasteiger partial charge in [0.05, 0.1) is 25.0 Å². The molecule has 0 aromatic carbocycles. The molecule has 4 nitrogen and oxygen atoms in total. The zero-order valence-electron chi connectivity index (χ0n) is 11.5. The lowest BCUT2D eigenvalue weighted by atomic mass is 9.68. The number of carbonyl (C=O) groups excluding carboxylic acids is 2. The molecule has 0 aliphatic heterocycles. The first-order chi connectivity index (χ1) is 8.29. The van der Waals surface area contributed by atoms with Crippen LogP contribution in [0, 0.1) is 21.7 Å². The molecule has 0 saturated heterocycles. The highest BCUT2D eigenvalue weighted by atomic mass is 16.5. The molecule has 4 heteroatoms. The molecule has 0 amide bonds. The highest BCUT2D eigenvalue weighted by molar-refractivity contribution is 5.92. The Morgan fingerprint density at radius 1 is 0.778 bits per heavy atom. The lowest BCUT2D eigenvalue weighted by Crippen LogP contribution is -2.46. The maximum absolute atomic E-state index is 12.3. The standard InChI is InChI=1S/C14H20O4/c1-11-5-13(9(15)17-3)7-12(11,2)8-14(13,6-11)10(16)18-4/h5-8H2,1-4H3. The molecule has 18 heavy (non-hydrogen) atoms. The Morgan fingerprint density at radius 3 is 1.28 bits per heavy atom. The van der Waals surface area contributed by atoms with Crippen LogP contribution in [0.15, 0.2) is 0 Å². The Labute approximate surface area is 107 Å². The van der Waals surface area contributed by atoms with Gasteiger partial charge in [-0.05, 0) is 36.5 Å². The van der Waals surface area contributed by atoms with E-state index in [2.05, 4.69) is 13.8 Å². The fourth-order valence-electron chi connectivity index (χ4n) is 5.51. The molecule has 0 aromatic rings. The minimum Gasteiger partial charge on any atom is -0.469 e. The van der Waals surface area contributed by atoms with Crippen LogP contribution in [0.4, 0.5) is 0 Å². The van der Waals surface area contributed by atoms with Crippen LogP contribution < -0.4 is 0 Å². The summed E-state index contributed by atoms with van der Waals surface area (Å²) in [5.41, 5.74) is -1.15. The number of hydrogen-bond donors (Lipinski definition) is 0. The van der Waals surface area contributed by atoms with Crippen molar-refractivity contribution in [2.75, 3.05) is 14.2 Å². The molecule has 4 bridgehead atoms. The minimum absolute atomic E-state index is 0.0649. The summed E-state index contributed by atoms with van der Waals surface area (Å²) in [6.45, 7) is 4.41. The first-order valence-electron chi connectivity index (χ1n) is 6.46. The summed E-state index contributed by atoms with van der Waals surface area (Å²) in [5, 5.41) is 0. The third kappa shape index (κ3) is 0.895. The number of methoxy groups -OCH3 is 2. The van der Waals surface area contributed by atoms with Crippen molar-refractivity contribution in [2.24, 2.45) is 21.7 Å². The topological polar surface area (TPSA) is 52.6 Å². The highest BCUT2D eigenvalue weighted by Gasteiger charge is 2.86. The summed E-state index contributed by atoms with van der Waals surface area (Å²) in [7, 11) is 2.82. The van der Waals surface area contributed by atoms with Crippen molar-refractivity contribution in [1.82, 2.24) is 0 Å². The van der Waals surface area contributed by atoms with Crippen molar-refractivity contribution >= 4 is 11.9 Å². The fraction of sp³-hybridized carbons (Fsp3) is 0.857. The van der Waals surface area contributed by atoms with Crippen LogP contribution in [-0.2, 0) is 19.1 Å². The van der Waals surface area contributed by atoms with Gasteiger partial charge in [0.15, 0.2) is 0 Å². The van der Waals surface area contributed by atoms with Crippen LogP contribution in [0.25, 0.3) is 0 Å². The third-order valence-corrected chi connectivity index (χ3v) is 6.29. The first-order valence-corrected chi connectivity index (χ1v) is 6.46. The number of esters is 2. The number of carbonyl (C=O) groups is 2. The van der Waals surface area contributed by atoms with Gasteiger partial charge in [0.1, 0.15) is 0 Å². The summed E-state index contributed by atoms with van der Waals surface area (Å²) in [4.78, 5) is 24.6. The van der Waals surface area contributed by atoms with Gasteiger partial charge in [-0.2, -0.15) is 0 Å². The van der Waals surface area contributed by atoms with Gasteiger partial charge < -0.3 is 9.47 Å². The van der Waals surface area contributed by atoms with E-state index in [-0.39, 0.29) is 22.8 Å². The van der Waals surface area contributed by atoms with E-state index in [0.717, 1.165) is 25.7 Å². The Kier molecular flexibility index (Phi) is 1.94. The molecule has 4 saturated carbocycles. The van der Waals surface area contributed by atoms with Crippen LogP contribution in [0.5, 0.6) is 0 Å². The molecule has 0 atom stereocenters. The summed E-state index contributed by atoms with van der Waals surface area (Å²) in [5.74, 6) is -0.448. The van der Waals surface area contributed by atoms with Crippen molar-refractivity contribution in [3.63, 3.8) is 0 Å². The quantitative estimate of drug-likeness (QED) is 0.704. The van der Waals surface area contributed by atoms with E-state index in [1.54, 1.807) is 0 Å². The molecule has 0 unspecified atom stereocenters. The molecule has 0 aromatic heterocycles. The Bertz CT molecular complexity index is 397. The molecule has 0 N–H and O–H groups in total. The molecular weight excluding hydrogens is 232 g/mol. The molecule has 4 rings (SSSR count). The van der Waals surface area contributed by atoms with Crippen LogP contribution in [0.1, 0.15) is 39.5 Å². The van der Waals surface area contributed by atoms with Crippen LogP contribution >= 0.6 is 0 Å². The lowest BCUT2D eigenvalue weighted by molar-refractivity contribution is -0.172. The molecule has 0 spiro atoms. The molecule has 0 heterocycles. The molecule has 4 aliphatic carbocycles. The van der Waals surface area contributed by atoms with Crippen molar-refractivity contribution in [3.05, 3.63) is 0 Å². The molecule has 100 valence electrons. The van der Waals surface area contributed by atoms with Crippen LogP contribution in [0.2, 0.25) is 0 Å². The maximum atomic E-state index is 12.3. The lowest BCUT2D eigenvalue weighted by Gasteiger charge is -2.35. The van der Waals surface area contributed by atoms with Crippen LogP contribution in [0.3, 0.4) is 0 Å². The van der Waals surface area contributed by atoms with E-state index in [9.17, 15) is 9.59 Å². The van der Waals surface area contributed by atoms with Crippen molar-refractivity contribution in [1.29, 1.82) is 0 Å². The van der Waals surface area contributed by atoms with Gasteiger partial charge in [-0.1, -0.05) is 13.8 Å². The molecule has 4 fully saturated rings. The summed E-state index contributed by atoms with van der Waals surface area (Å²) < 4.78 is 10.0. The summed E-state index contributed by atoms with van der Waals surface area (Å²) >= 11 is 0. The summed E-state index contributed by atoms with van der Waals surface area (Å²) in [6.07, 6.45) is 3.05. The average Bonchev–Trinajstić information content (AvgIpc) is 2.87. The van der Waals surface area contributed by atoms with E-state index in [0.29, 0.717) is 0 Å². The largest absolute Gasteiger partial charge is 0.469 e. The Hall–Kier alpha value is -1.06.